The molecule has 2 aliphatic rings. The Labute approximate surface area is 397 Å². The van der Waals surface area contributed by atoms with E-state index in [2.05, 4.69) is 40.3 Å². The van der Waals surface area contributed by atoms with Gasteiger partial charge in [-0.15, -0.1) is 11.3 Å². The molecule has 4 heterocycles. The maximum absolute atomic E-state index is 14.0. The first-order chi connectivity index (χ1) is 33.1. The minimum Gasteiger partial charge on any atom is -0.489 e. The first-order valence-electron chi connectivity index (χ1n) is 23.0. The monoisotopic (exact) mass is 942 g/mol. The number of benzene rings is 6. The molecule has 68 heavy (non-hydrogen) atoms. The number of nitrogens with zero attached hydrogens (tertiary/aromatic N) is 4. The number of aromatic nitrogens is 3. The third kappa shape index (κ3) is 11.6. The molecule has 2 atom stereocenters. The van der Waals surface area contributed by atoms with Crippen molar-refractivity contribution in [3.8, 4) is 11.5 Å². The maximum Gasteiger partial charge on any atom is 0.165 e. The van der Waals surface area contributed by atoms with Crippen LogP contribution in [0.1, 0.15) is 70.9 Å². The molecule has 0 amide bonds. The quantitative estimate of drug-likeness (QED) is 0.104. The van der Waals surface area contributed by atoms with E-state index in [1.165, 1.54) is 24.3 Å². The Morgan fingerprint density at radius 2 is 1.19 bits per heavy atom. The summed E-state index contributed by atoms with van der Waals surface area (Å²) >= 11 is 1.63. The Morgan fingerprint density at radius 3 is 1.82 bits per heavy atom. The Morgan fingerprint density at radius 1 is 0.632 bits per heavy atom. The summed E-state index contributed by atoms with van der Waals surface area (Å²) < 4.78 is 74.6. The number of ether oxygens (including phenoxy) is 3. The van der Waals surface area contributed by atoms with Gasteiger partial charge >= 0.3 is 0 Å². The summed E-state index contributed by atoms with van der Waals surface area (Å²) in [5, 5.41) is 4.70. The van der Waals surface area contributed by atoms with Crippen molar-refractivity contribution in [2.24, 2.45) is 0 Å². The van der Waals surface area contributed by atoms with Crippen LogP contribution < -0.4 is 14.8 Å². The molecular weight excluding hydrogens is 889 g/mol. The molecule has 0 bridgehead atoms. The van der Waals surface area contributed by atoms with E-state index in [-0.39, 0.29) is 42.6 Å². The second-order valence-electron chi connectivity index (χ2n) is 17.5. The van der Waals surface area contributed by atoms with Crippen LogP contribution in [-0.4, -0.2) is 77.2 Å². The Kier molecular flexibility index (Phi) is 15.1. The predicted octanol–water partition coefficient (Wildman–Crippen LogP) is 11.5. The van der Waals surface area contributed by atoms with Gasteiger partial charge in [0.25, 0.3) is 0 Å². The van der Waals surface area contributed by atoms with Crippen LogP contribution in [0, 0.1) is 23.3 Å². The summed E-state index contributed by atoms with van der Waals surface area (Å²) in [7, 11) is 4.28. The van der Waals surface area contributed by atoms with Gasteiger partial charge in [0, 0.05) is 30.3 Å². The van der Waals surface area contributed by atoms with Crippen LogP contribution in [0.2, 0.25) is 0 Å². The van der Waals surface area contributed by atoms with Crippen molar-refractivity contribution in [2.45, 2.75) is 63.2 Å². The number of nitrogens with one attached hydrogen (secondary N) is 2. The number of halogens is 4. The number of H-pyrrole nitrogens is 1. The van der Waals surface area contributed by atoms with Gasteiger partial charge in [-0.2, -0.15) is 0 Å². The van der Waals surface area contributed by atoms with E-state index in [1.807, 2.05) is 91.0 Å². The summed E-state index contributed by atoms with van der Waals surface area (Å²) in [5.41, 5.74) is 5.14. The molecule has 8 aromatic rings. The van der Waals surface area contributed by atoms with Crippen LogP contribution in [0.4, 0.5) is 17.6 Å². The fourth-order valence-corrected chi connectivity index (χ4v) is 9.67. The average molecular weight is 943 g/mol. The van der Waals surface area contributed by atoms with E-state index in [1.54, 1.807) is 11.3 Å². The van der Waals surface area contributed by atoms with Crippen molar-refractivity contribution >= 4 is 32.6 Å². The van der Waals surface area contributed by atoms with Gasteiger partial charge in [0.05, 0.1) is 33.4 Å². The van der Waals surface area contributed by atoms with Gasteiger partial charge in [-0.3, -0.25) is 0 Å². The molecule has 2 saturated heterocycles. The lowest BCUT2D eigenvalue weighted by Gasteiger charge is -2.32. The Balaban J connectivity index is 0.000000170. The van der Waals surface area contributed by atoms with Crippen LogP contribution >= 0.6 is 11.3 Å². The molecule has 2 unspecified atom stereocenters. The van der Waals surface area contributed by atoms with Gasteiger partial charge in [0.15, 0.2) is 23.3 Å². The lowest BCUT2D eigenvalue weighted by molar-refractivity contribution is -0.0235. The molecule has 2 N–H and O–H groups in total. The first kappa shape index (κ1) is 46.9. The van der Waals surface area contributed by atoms with E-state index >= 15 is 0 Å². The molecule has 9 nitrogen and oxygen atoms in total. The maximum atomic E-state index is 14.0. The minimum atomic E-state index is -0.878. The summed E-state index contributed by atoms with van der Waals surface area (Å²) in [6.07, 6.45) is 3.85. The zero-order valence-corrected chi connectivity index (χ0v) is 38.8. The molecule has 0 aliphatic carbocycles. The largest absolute Gasteiger partial charge is 0.489 e. The van der Waals surface area contributed by atoms with E-state index in [4.69, 9.17) is 24.2 Å². The third-order valence-electron chi connectivity index (χ3n) is 12.5. The molecule has 6 aromatic carbocycles. The molecule has 2 fully saturated rings. The number of rotatable bonds is 14. The normalized spacial score (nSPS) is 16.1. The van der Waals surface area contributed by atoms with Gasteiger partial charge < -0.3 is 34.3 Å². The highest BCUT2D eigenvalue weighted by molar-refractivity contribution is 7.18. The number of piperidine rings is 2. The van der Waals surface area contributed by atoms with E-state index in [0.29, 0.717) is 17.5 Å². The molecule has 352 valence electrons. The Bertz CT molecular complexity index is 2670. The summed E-state index contributed by atoms with van der Waals surface area (Å²) in [4.78, 5) is 17.8. The molecule has 0 spiro atoms. The zero-order valence-electron chi connectivity index (χ0n) is 38.0. The molecule has 2 aromatic heterocycles. The minimum absolute atomic E-state index is 0.0509. The Hall–Kier alpha value is -6.16. The SMILES string of the molecule is CN1CCC(NC(c2cccc(OCc3cccc(F)c3F)c2)c2nc3ccccc3[nH]2)CC1.CN1CCC(OC(c2cccc(OCc3cccc(F)c3F)c2)c2nc3ccccc3s2)CC1. The molecule has 14 heteroatoms. The van der Waals surface area contributed by atoms with Gasteiger partial charge in [0.1, 0.15) is 41.6 Å². The van der Waals surface area contributed by atoms with Crippen molar-refractivity contribution < 1.29 is 31.8 Å². The van der Waals surface area contributed by atoms with Crippen LogP contribution in [-0.2, 0) is 18.0 Å². The predicted molar refractivity (Wildman–Crippen MR) is 259 cm³/mol. The highest BCUT2D eigenvalue weighted by Gasteiger charge is 2.28. The molecule has 2 aliphatic heterocycles. The lowest BCUT2D eigenvalue weighted by Crippen LogP contribution is -2.42. The number of hydrogen-bond acceptors (Lipinski definition) is 9. The smallest absolute Gasteiger partial charge is 0.165 e. The van der Waals surface area contributed by atoms with E-state index < -0.39 is 23.3 Å². The summed E-state index contributed by atoms with van der Waals surface area (Å²) in [6.45, 7) is 3.98. The van der Waals surface area contributed by atoms with Crippen molar-refractivity contribution in [2.75, 3.05) is 40.3 Å². The van der Waals surface area contributed by atoms with Gasteiger partial charge in [-0.1, -0.05) is 72.8 Å². The standard InChI is InChI=1S/C27H28F2N4O.C27H26F2N2O2S/c1-33-14-12-20(13-15-33)30-26(27-31-23-10-2-3-11-24(23)32-27)18-6-4-8-21(16-18)34-17-19-7-5-9-22(28)25(19)29;1-31-14-12-20(13-15-31)33-26(27-30-23-10-2-3-11-24(23)34-27)18-6-4-8-21(16-18)32-17-19-7-5-9-22(28)25(19)29/h2-11,16,20,26,30H,12-15,17H2,1H3,(H,31,32);2-11,16,20,26H,12-15,17H2,1H3. The number of fused-ring (bicyclic) bond motifs is 2. The number of thiazole rings is 1. The fourth-order valence-electron chi connectivity index (χ4n) is 8.64. The van der Waals surface area contributed by atoms with Crippen LogP contribution in [0.15, 0.2) is 133 Å². The van der Waals surface area contributed by atoms with Gasteiger partial charge in [0.2, 0.25) is 0 Å². The molecular formula is C54H54F4N6O3S. The third-order valence-corrected chi connectivity index (χ3v) is 13.6. The number of hydrogen-bond donors (Lipinski definition) is 2. The van der Waals surface area contributed by atoms with E-state index in [9.17, 15) is 17.6 Å². The fraction of sp³-hybridized carbons (Fsp3) is 0.296. The highest BCUT2D eigenvalue weighted by atomic mass is 32.1. The first-order valence-corrected chi connectivity index (χ1v) is 23.8. The molecule has 10 rings (SSSR count). The number of para-hydroxylation sites is 3. The van der Waals surface area contributed by atoms with Gasteiger partial charge in [-0.25, -0.2) is 27.5 Å². The van der Waals surface area contributed by atoms with Crippen molar-refractivity contribution in [3.63, 3.8) is 0 Å². The lowest BCUT2D eigenvalue weighted by atomic mass is 10.0. The van der Waals surface area contributed by atoms with Crippen molar-refractivity contribution in [1.29, 1.82) is 0 Å². The topological polar surface area (TPSA) is 87.8 Å². The van der Waals surface area contributed by atoms with Crippen LogP contribution in [0.25, 0.3) is 21.3 Å². The molecule has 0 radical (unpaired) electrons. The number of aromatic amines is 1. The number of imidazole rings is 1. The second-order valence-corrected chi connectivity index (χ2v) is 18.6. The second kappa shape index (κ2) is 21.9. The number of likely N-dealkylation sites (tertiary alicyclic amines) is 2. The molecule has 0 saturated carbocycles. The van der Waals surface area contributed by atoms with Crippen molar-refractivity contribution in [1.82, 2.24) is 30.1 Å². The summed E-state index contributed by atoms with van der Waals surface area (Å²) in [5.74, 6) is -1.50. The summed E-state index contributed by atoms with van der Waals surface area (Å²) in [6, 6.07) is 39.8. The van der Waals surface area contributed by atoms with E-state index in [0.717, 1.165) is 107 Å². The highest BCUT2D eigenvalue weighted by Crippen LogP contribution is 2.36. The average Bonchev–Trinajstić information content (AvgIpc) is 4.00. The van der Waals surface area contributed by atoms with Crippen molar-refractivity contribution in [3.05, 3.63) is 190 Å². The van der Waals surface area contributed by atoms with Crippen LogP contribution in [0.3, 0.4) is 0 Å². The van der Waals surface area contributed by atoms with Crippen LogP contribution in [0.5, 0.6) is 11.5 Å². The zero-order chi connectivity index (χ0) is 47.0. The van der Waals surface area contributed by atoms with Gasteiger partial charge in [-0.05, 0) is 125 Å².